The van der Waals surface area contributed by atoms with Gasteiger partial charge >= 0.3 is 0 Å². The van der Waals surface area contributed by atoms with Crippen molar-refractivity contribution >= 4 is 16.7 Å². The Morgan fingerprint density at radius 2 is 1.96 bits per heavy atom. The average molecular weight is 317 g/mol. The minimum atomic E-state index is -0.292. The highest BCUT2D eigenvalue weighted by molar-refractivity contribution is 6.04. The fourth-order valence-electron chi connectivity index (χ4n) is 2.44. The molecule has 0 aliphatic heterocycles. The molecule has 1 aromatic carbocycles. The van der Waals surface area contributed by atoms with Crippen molar-refractivity contribution in [3.63, 3.8) is 0 Å². The monoisotopic (exact) mass is 317 g/mol. The van der Waals surface area contributed by atoms with Gasteiger partial charge in [-0.2, -0.15) is 5.10 Å². The van der Waals surface area contributed by atoms with Crippen LogP contribution in [-0.4, -0.2) is 35.4 Å². The second-order valence-electron chi connectivity index (χ2n) is 5.77. The molecule has 2 rings (SSSR count). The Bertz CT molecular complexity index is 752. The number of hydrogen-bond donors (Lipinski definition) is 1. The van der Waals surface area contributed by atoms with Gasteiger partial charge in [0.05, 0.1) is 24.1 Å². The van der Waals surface area contributed by atoms with E-state index >= 15 is 0 Å². The lowest BCUT2D eigenvalue weighted by Gasteiger charge is -2.17. The highest BCUT2D eigenvalue weighted by Gasteiger charge is 2.19. The number of fused-ring (bicyclic) bond motifs is 1. The van der Waals surface area contributed by atoms with Crippen molar-refractivity contribution < 1.29 is 9.53 Å². The molecule has 1 heterocycles. The van der Waals surface area contributed by atoms with Crippen LogP contribution in [0.3, 0.4) is 0 Å². The first-order valence-electron chi connectivity index (χ1n) is 7.80. The Hall–Kier alpha value is -2.21. The van der Waals surface area contributed by atoms with Gasteiger partial charge in [-0.05, 0) is 26.3 Å². The Morgan fingerprint density at radius 3 is 2.52 bits per heavy atom. The third kappa shape index (κ3) is 3.59. The second-order valence-corrected chi connectivity index (χ2v) is 5.77. The number of ether oxygens (including phenoxy) is 1. The van der Waals surface area contributed by atoms with E-state index in [0.717, 1.165) is 6.42 Å². The second kappa shape index (κ2) is 7.37. The van der Waals surface area contributed by atoms with Crippen molar-refractivity contribution in [1.29, 1.82) is 0 Å². The summed E-state index contributed by atoms with van der Waals surface area (Å²) in [5, 5.41) is 8.29. The highest BCUT2D eigenvalue weighted by atomic mass is 16.5. The molecule has 1 amide bonds. The maximum absolute atomic E-state index is 12.6. The minimum absolute atomic E-state index is 0.0903. The summed E-state index contributed by atoms with van der Waals surface area (Å²) in [6.45, 7) is 6.14. The third-order valence-corrected chi connectivity index (χ3v) is 3.73. The molecule has 1 atom stereocenters. The fourth-order valence-corrected chi connectivity index (χ4v) is 2.44. The molecular formula is C17H23N3O3. The molecule has 1 aromatic heterocycles. The minimum Gasteiger partial charge on any atom is -0.383 e. The Balaban J connectivity index is 2.53. The van der Waals surface area contributed by atoms with E-state index < -0.39 is 0 Å². The first kappa shape index (κ1) is 17.1. The molecule has 0 aliphatic carbocycles. The third-order valence-electron chi connectivity index (χ3n) is 3.73. The number of nitrogens with zero attached hydrogens (tertiary/aromatic N) is 2. The molecular weight excluding hydrogens is 294 g/mol. The number of carbonyl (C=O) groups is 1. The first-order valence-corrected chi connectivity index (χ1v) is 7.80. The van der Waals surface area contributed by atoms with E-state index in [4.69, 9.17) is 4.74 Å². The summed E-state index contributed by atoms with van der Waals surface area (Å²) < 4.78 is 6.47. The van der Waals surface area contributed by atoms with Crippen LogP contribution in [0.5, 0.6) is 0 Å². The summed E-state index contributed by atoms with van der Waals surface area (Å²) in [4.78, 5) is 25.1. The maximum Gasteiger partial charge on any atom is 0.274 e. The smallest absolute Gasteiger partial charge is 0.274 e. The number of aromatic nitrogens is 2. The number of methoxy groups -OCH3 is 1. The topological polar surface area (TPSA) is 73.2 Å². The molecule has 0 bridgehead atoms. The predicted molar refractivity (Wildman–Crippen MR) is 89.8 cm³/mol. The SMILES string of the molecule is CCC(COC)NC(=O)c1nn(C(C)C)c(=O)c2ccccc12. The summed E-state index contributed by atoms with van der Waals surface area (Å²) >= 11 is 0. The molecule has 1 N–H and O–H groups in total. The maximum atomic E-state index is 12.6. The summed E-state index contributed by atoms with van der Waals surface area (Å²) in [6.07, 6.45) is 0.751. The largest absolute Gasteiger partial charge is 0.383 e. The van der Waals surface area contributed by atoms with Crippen LogP contribution in [0.4, 0.5) is 0 Å². The van der Waals surface area contributed by atoms with Crippen LogP contribution in [0.15, 0.2) is 29.1 Å². The van der Waals surface area contributed by atoms with Crippen LogP contribution < -0.4 is 10.9 Å². The van der Waals surface area contributed by atoms with Crippen molar-refractivity contribution in [3.05, 3.63) is 40.3 Å². The van der Waals surface area contributed by atoms with Gasteiger partial charge in [0.1, 0.15) is 0 Å². The Labute approximate surface area is 135 Å². The van der Waals surface area contributed by atoms with Crippen molar-refractivity contribution in [2.24, 2.45) is 0 Å². The van der Waals surface area contributed by atoms with Crippen LogP contribution >= 0.6 is 0 Å². The van der Waals surface area contributed by atoms with E-state index in [0.29, 0.717) is 17.4 Å². The highest BCUT2D eigenvalue weighted by Crippen LogP contribution is 2.15. The lowest BCUT2D eigenvalue weighted by atomic mass is 10.1. The van der Waals surface area contributed by atoms with Crippen LogP contribution in [0, 0.1) is 0 Å². The fraction of sp³-hybridized carbons (Fsp3) is 0.471. The van der Waals surface area contributed by atoms with Gasteiger partial charge in [0.2, 0.25) is 0 Å². The van der Waals surface area contributed by atoms with Crippen LogP contribution in [-0.2, 0) is 4.74 Å². The van der Waals surface area contributed by atoms with E-state index in [2.05, 4.69) is 10.4 Å². The zero-order valence-electron chi connectivity index (χ0n) is 14.0. The Kier molecular flexibility index (Phi) is 5.50. The van der Waals surface area contributed by atoms with Gasteiger partial charge in [0.25, 0.3) is 11.5 Å². The standard InChI is InChI=1S/C17H23N3O3/c1-5-12(10-23-4)18-16(21)15-13-8-6-7-9-14(13)17(22)20(19-15)11(2)3/h6-9,11-12H,5,10H2,1-4H3,(H,18,21). The van der Waals surface area contributed by atoms with Gasteiger partial charge in [-0.15, -0.1) is 0 Å². The lowest BCUT2D eigenvalue weighted by Crippen LogP contribution is -2.39. The molecule has 0 aliphatic rings. The molecule has 0 saturated heterocycles. The molecule has 0 saturated carbocycles. The molecule has 0 spiro atoms. The molecule has 23 heavy (non-hydrogen) atoms. The van der Waals surface area contributed by atoms with Crippen molar-refractivity contribution in [2.45, 2.75) is 39.3 Å². The van der Waals surface area contributed by atoms with E-state index in [-0.39, 0.29) is 29.2 Å². The summed E-state index contributed by atoms with van der Waals surface area (Å²) in [7, 11) is 1.60. The molecule has 1 unspecified atom stereocenters. The van der Waals surface area contributed by atoms with E-state index in [1.54, 1.807) is 31.4 Å². The number of hydrogen-bond acceptors (Lipinski definition) is 4. The molecule has 6 heteroatoms. The van der Waals surface area contributed by atoms with Crippen LogP contribution in [0.2, 0.25) is 0 Å². The zero-order valence-corrected chi connectivity index (χ0v) is 14.0. The van der Waals surface area contributed by atoms with E-state index in [1.807, 2.05) is 20.8 Å². The number of carbonyl (C=O) groups excluding carboxylic acids is 1. The van der Waals surface area contributed by atoms with Crippen molar-refractivity contribution in [3.8, 4) is 0 Å². The van der Waals surface area contributed by atoms with Gasteiger partial charge in [-0.25, -0.2) is 4.68 Å². The van der Waals surface area contributed by atoms with Gasteiger partial charge in [0.15, 0.2) is 5.69 Å². The lowest BCUT2D eigenvalue weighted by molar-refractivity contribution is 0.0889. The molecule has 0 fully saturated rings. The number of benzene rings is 1. The molecule has 2 aromatic rings. The van der Waals surface area contributed by atoms with Gasteiger partial charge in [-0.3, -0.25) is 9.59 Å². The van der Waals surface area contributed by atoms with Gasteiger partial charge in [-0.1, -0.05) is 25.1 Å². The van der Waals surface area contributed by atoms with Crippen molar-refractivity contribution in [1.82, 2.24) is 15.1 Å². The summed E-state index contributed by atoms with van der Waals surface area (Å²) in [5.41, 5.74) is 0.0829. The first-order chi connectivity index (χ1) is 11.0. The number of nitrogens with one attached hydrogen (secondary N) is 1. The summed E-state index contributed by atoms with van der Waals surface area (Å²) in [5.74, 6) is -0.292. The molecule has 6 nitrogen and oxygen atoms in total. The Morgan fingerprint density at radius 1 is 1.30 bits per heavy atom. The molecule has 124 valence electrons. The van der Waals surface area contributed by atoms with Crippen molar-refractivity contribution in [2.75, 3.05) is 13.7 Å². The normalized spacial score (nSPS) is 12.6. The van der Waals surface area contributed by atoms with Crippen LogP contribution in [0.25, 0.3) is 10.8 Å². The van der Waals surface area contributed by atoms with Crippen LogP contribution in [0.1, 0.15) is 43.7 Å². The number of rotatable bonds is 6. The van der Waals surface area contributed by atoms with E-state index in [9.17, 15) is 9.59 Å². The molecule has 0 radical (unpaired) electrons. The van der Waals surface area contributed by atoms with E-state index in [1.165, 1.54) is 4.68 Å². The van der Waals surface area contributed by atoms with Gasteiger partial charge < -0.3 is 10.1 Å². The summed E-state index contributed by atoms with van der Waals surface area (Å²) in [6, 6.07) is 6.84. The number of amides is 1. The van der Waals surface area contributed by atoms with Gasteiger partial charge in [0, 0.05) is 12.5 Å². The zero-order chi connectivity index (χ0) is 17.0. The predicted octanol–water partition coefficient (Wildman–Crippen LogP) is 2.13. The average Bonchev–Trinajstić information content (AvgIpc) is 2.54. The quantitative estimate of drug-likeness (QED) is 0.886.